The molecule has 0 bridgehead atoms. The number of aliphatic hydroxyl groups excluding tert-OH is 1. The molecule has 0 heterocycles. The van der Waals surface area contributed by atoms with Crippen molar-refractivity contribution < 1.29 is 5.11 Å². The Morgan fingerprint density at radius 3 is 2.83 bits per heavy atom. The van der Waals surface area contributed by atoms with Crippen molar-refractivity contribution in [2.45, 2.75) is 51.6 Å². The van der Waals surface area contributed by atoms with Crippen LogP contribution in [-0.2, 0) is 0 Å². The highest BCUT2D eigenvalue weighted by Gasteiger charge is 2.26. The van der Waals surface area contributed by atoms with Crippen molar-refractivity contribution in [3.63, 3.8) is 0 Å². The second kappa shape index (κ2) is 4.83. The lowest BCUT2D eigenvalue weighted by atomic mass is 10.0. The van der Waals surface area contributed by atoms with Crippen molar-refractivity contribution in [2.24, 2.45) is 5.92 Å². The molecule has 3 atom stereocenters. The van der Waals surface area contributed by atoms with Gasteiger partial charge in [0.2, 0.25) is 0 Å². The summed E-state index contributed by atoms with van der Waals surface area (Å²) in [5.41, 5.74) is 0. The molecule has 2 N–H and O–H groups in total. The van der Waals surface area contributed by atoms with Crippen LogP contribution in [0, 0.1) is 5.92 Å². The largest absolute Gasteiger partial charge is 0.395 e. The number of aliphatic hydroxyl groups is 1. The third-order valence-electron chi connectivity index (χ3n) is 2.96. The van der Waals surface area contributed by atoms with Crippen LogP contribution in [0.1, 0.15) is 39.5 Å². The summed E-state index contributed by atoms with van der Waals surface area (Å²) in [6.07, 6.45) is 5.29. The Bertz CT molecular complexity index is 127. The Labute approximate surface area is 75.4 Å². The molecule has 0 aliphatic heterocycles. The number of hydrogen-bond donors (Lipinski definition) is 2. The van der Waals surface area contributed by atoms with Gasteiger partial charge in [0.25, 0.3) is 0 Å². The molecule has 1 aliphatic rings. The fourth-order valence-corrected chi connectivity index (χ4v) is 2.16. The highest BCUT2D eigenvalue weighted by molar-refractivity contribution is 4.83. The van der Waals surface area contributed by atoms with Gasteiger partial charge in [-0.2, -0.15) is 0 Å². The van der Waals surface area contributed by atoms with Gasteiger partial charge in [0, 0.05) is 12.1 Å². The zero-order valence-electron chi connectivity index (χ0n) is 8.21. The molecular weight excluding hydrogens is 150 g/mol. The molecule has 0 aromatic heterocycles. The predicted molar refractivity (Wildman–Crippen MR) is 51.1 cm³/mol. The van der Waals surface area contributed by atoms with Gasteiger partial charge in [-0.3, -0.25) is 0 Å². The minimum absolute atomic E-state index is 0.257. The third kappa shape index (κ3) is 2.46. The Kier molecular flexibility index (Phi) is 4.02. The Balaban J connectivity index is 2.30. The van der Waals surface area contributed by atoms with Crippen LogP contribution < -0.4 is 5.32 Å². The van der Waals surface area contributed by atoms with E-state index in [-0.39, 0.29) is 12.6 Å². The molecular formula is C10H21NO. The van der Waals surface area contributed by atoms with Gasteiger partial charge in [-0.15, -0.1) is 0 Å². The van der Waals surface area contributed by atoms with E-state index in [1.807, 2.05) is 6.92 Å². The highest BCUT2D eigenvalue weighted by atomic mass is 16.3. The van der Waals surface area contributed by atoms with Crippen molar-refractivity contribution in [1.29, 1.82) is 0 Å². The van der Waals surface area contributed by atoms with Crippen molar-refractivity contribution in [3.8, 4) is 0 Å². The summed E-state index contributed by atoms with van der Waals surface area (Å²) in [5.74, 6) is 0.846. The lowest BCUT2D eigenvalue weighted by Crippen LogP contribution is -2.40. The maximum atomic E-state index is 8.89. The molecule has 2 unspecified atom stereocenters. The number of nitrogens with one attached hydrogen (secondary N) is 1. The third-order valence-corrected chi connectivity index (χ3v) is 2.96. The molecule has 1 rings (SSSR count). The molecule has 2 nitrogen and oxygen atoms in total. The molecule has 12 heavy (non-hydrogen) atoms. The normalized spacial score (nSPS) is 32.2. The molecule has 0 aromatic rings. The van der Waals surface area contributed by atoms with E-state index in [4.69, 9.17) is 5.11 Å². The summed E-state index contributed by atoms with van der Waals surface area (Å²) in [6.45, 7) is 4.56. The SMILES string of the molecule is CCC1CCCC1N[C@@H](C)CO. The fraction of sp³-hybridized carbons (Fsp3) is 1.00. The van der Waals surface area contributed by atoms with Gasteiger partial charge < -0.3 is 10.4 Å². The molecule has 0 saturated heterocycles. The molecule has 0 radical (unpaired) electrons. The molecule has 0 aromatic carbocycles. The molecule has 0 amide bonds. The molecule has 1 saturated carbocycles. The monoisotopic (exact) mass is 171 g/mol. The van der Waals surface area contributed by atoms with E-state index in [2.05, 4.69) is 12.2 Å². The minimum Gasteiger partial charge on any atom is -0.395 e. The lowest BCUT2D eigenvalue weighted by Gasteiger charge is -2.23. The van der Waals surface area contributed by atoms with E-state index in [9.17, 15) is 0 Å². The van der Waals surface area contributed by atoms with E-state index >= 15 is 0 Å². The van der Waals surface area contributed by atoms with Crippen LogP contribution in [0.3, 0.4) is 0 Å². The first-order valence-corrected chi connectivity index (χ1v) is 5.14. The van der Waals surface area contributed by atoms with E-state index in [1.54, 1.807) is 0 Å². The molecule has 0 spiro atoms. The average Bonchev–Trinajstić information content (AvgIpc) is 2.51. The Hall–Kier alpha value is -0.0800. The Morgan fingerprint density at radius 2 is 2.25 bits per heavy atom. The topological polar surface area (TPSA) is 32.3 Å². The van der Waals surface area contributed by atoms with Crippen molar-refractivity contribution in [1.82, 2.24) is 5.32 Å². The van der Waals surface area contributed by atoms with E-state index in [0.717, 1.165) is 5.92 Å². The zero-order chi connectivity index (χ0) is 8.97. The van der Waals surface area contributed by atoms with Gasteiger partial charge in [0.1, 0.15) is 0 Å². The summed E-state index contributed by atoms with van der Waals surface area (Å²) in [4.78, 5) is 0. The Morgan fingerprint density at radius 1 is 1.50 bits per heavy atom. The number of hydrogen-bond acceptors (Lipinski definition) is 2. The van der Waals surface area contributed by atoms with E-state index in [1.165, 1.54) is 25.7 Å². The summed E-state index contributed by atoms with van der Waals surface area (Å²) in [5, 5.41) is 12.4. The van der Waals surface area contributed by atoms with Crippen molar-refractivity contribution in [2.75, 3.05) is 6.61 Å². The van der Waals surface area contributed by atoms with Crippen molar-refractivity contribution in [3.05, 3.63) is 0 Å². The first kappa shape index (κ1) is 10.0. The first-order valence-electron chi connectivity index (χ1n) is 5.14. The zero-order valence-corrected chi connectivity index (χ0v) is 8.21. The van der Waals surface area contributed by atoms with Gasteiger partial charge in [0.15, 0.2) is 0 Å². The molecule has 2 heteroatoms. The fourth-order valence-electron chi connectivity index (χ4n) is 2.16. The van der Waals surface area contributed by atoms with Crippen LogP contribution in [0.25, 0.3) is 0 Å². The predicted octanol–water partition coefficient (Wildman–Crippen LogP) is 1.54. The van der Waals surface area contributed by atoms with Gasteiger partial charge in [-0.1, -0.05) is 19.8 Å². The van der Waals surface area contributed by atoms with E-state index < -0.39 is 0 Å². The maximum Gasteiger partial charge on any atom is 0.0582 e. The lowest BCUT2D eigenvalue weighted by molar-refractivity contribution is 0.229. The average molecular weight is 171 g/mol. The smallest absolute Gasteiger partial charge is 0.0582 e. The van der Waals surface area contributed by atoms with Crippen LogP contribution in [-0.4, -0.2) is 23.8 Å². The maximum absolute atomic E-state index is 8.89. The summed E-state index contributed by atoms with van der Waals surface area (Å²) in [7, 11) is 0. The van der Waals surface area contributed by atoms with Crippen molar-refractivity contribution >= 4 is 0 Å². The van der Waals surface area contributed by atoms with Gasteiger partial charge >= 0.3 is 0 Å². The standard InChI is InChI=1S/C10H21NO/c1-3-9-5-4-6-10(9)11-8(2)7-12/h8-12H,3-7H2,1-2H3/t8-,9?,10?/m0/s1. The molecule has 1 fully saturated rings. The second-order valence-corrected chi connectivity index (χ2v) is 3.96. The summed E-state index contributed by atoms with van der Waals surface area (Å²) >= 11 is 0. The quantitative estimate of drug-likeness (QED) is 0.672. The van der Waals surface area contributed by atoms with Gasteiger partial charge in [-0.05, 0) is 25.7 Å². The van der Waals surface area contributed by atoms with Crippen LogP contribution in [0.2, 0.25) is 0 Å². The molecule has 1 aliphatic carbocycles. The van der Waals surface area contributed by atoms with Crippen LogP contribution in [0.5, 0.6) is 0 Å². The number of rotatable bonds is 4. The summed E-state index contributed by atoms with van der Waals surface area (Å²) < 4.78 is 0. The second-order valence-electron chi connectivity index (χ2n) is 3.96. The minimum atomic E-state index is 0.257. The van der Waals surface area contributed by atoms with Gasteiger partial charge in [0.05, 0.1) is 6.61 Å². The van der Waals surface area contributed by atoms with Crippen LogP contribution in [0.4, 0.5) is 0 Å². The highest BCUT2D eigenvalue weighted by Crippen LogP contribution is 2.28. The van der Waals surface area contributed by atoms with E-state index in [0.29, 0.717) is 6.04 Å². The summed E-state index contributed by atoms with van der Waals surface area (Å²) in [6, 6.07) is 0.930. The molecule has 72 valence electrons. The van der Waals surface area contributed by atoms with Gasteiger partial charge in [-0.25, -0.2) is 0 Å². The van der Waals surface area contributed by atoms with Crippen LogP contribution in [0.15, 0.2) is 0 Å². The van der Waals surface area contributed by atoms with Crippen LogP contribution >= 0.6 is 0 Å². The first-order chi connectivity index (χ1) is 5.77.